The molecule has 0 fully saturated rings. The predicted octanol–water partition coefficient (Wildman–Crippen LogP) is -8.25. The van der Waals surface area contributed by atoms with Crippen molar-refractivity contribution in [1.29, 1.82) is 0 Å². The topological polar surface area (TPSA) is 64.6 Å². The molecule has 0 aromatic heterocycles. The van der Waals surface area contributed by atoms with Crippen LogP contribution in [0, 0.1) is 0 Å². The van der Waals surface area contributed by atoms with Crippen LogP contribution in [0.4, 0.5) is 0 Å². The number of ether oxygens (including phenoxy) is 2. The summed E-state index contributed by atoms with van der Waals surface area (Å²) >= 11 is 0. The van der Waals surface area contributed by atoms with Gasteiger partial charge in [-0.05, 0) is 0 Å². The molecule has 0 heterocycles. The van der Waals surface area contributed by atoms with Crippen LogP contribution in [0.2, 0.25) is 0 Å². The maximum Gasteiger partial charge on any atom is 1.00 e. The van der Waals surface area contributed by atoms with Gasteiger partial charge in [-0.1, -0.05) is 0 Å². The summed E-state index contributed by atoms with van der Waals surface area (Å²) in [6, 6.07) is 0. The van der Waals surface area contributed by atoms with E-state index < -0.39 is 0 Å². The maximum absolute atomic E-state index is 9.80. The third-order valence-corrected chi connectivity index (χ3v) is 0.827. The van der Waals surface area contributed by atoms with Gasteiger partial charge in [-0.3, -0.25) is 0 Å². The van der Waals surface area contributed by atoms with E-state index in [0.29, 0.717) is 13.2 Å². The van der Waals surface area contributed by atoms with Crippen LogP contribution in [0.5, 0.6) is 0 Å². The van der Waals surface area contributed by atoms with Crippen molar-refractivity contribution < 1.29 is 57.4 Å². The van der Waals surface area contributed by atoms with Gasteiger partial charge in [0, 0.05) is 13.2 Å². The van der Waals surface area contributed by atoms with Crippen LogP contribution in [0.25, 0.3) is 0 Å². The summed E-state index contributed by atoms with van der Waals surface area (Å²) in [4.78, 5) is 0. The molecule has 0 aliphatic carbocycles. The van der Waals surface area contributed by atoms with Gasteiger partial charge in [-0.25, -0.2) is 0 Å². The standard InChI is InChI=1S/C6H12O4.2Li/c7-1-3-9-5-6-10-4-2-8;;/h1-6H2;;/q-2;2*+1. The van der Waals surface area contributed by atoms with E-state index in [-0.39, 0.29) is 64.1 Å². The van der Waals surface area contributed by atoms with E-state index in [1.165, 1.54) is 0 Å². The maximum atomic E-state index is 9.80. The molecule has 6 heteroatoms. The molecule has 4 nitrogen and oxygen atoms in total. The molecule has 0 radical (unpaired) electrons. The molecule has 0 aromatic carbocycles. The Kier molecular flexibility index (Phi) is 28.0. The zero-order chi connectivity index (χ0) is 7.66. The predicted molar refractivity (Wildman–Crippen MR) is 31.4 cm³/mol. The molecule has 0 atom stereocenters. The minimum atomic E-state index is -0.221. The Balaban J connectivity index is -0.000000405. The van der Waals surface area contributed by atoms with Gasteiger partial charge in [0.2, 0.25) is 0 Å². The second-order valence-electron chi connectivity index (χ2n) is 1.63. The van der Waals surface area contributed by atoms with Crippen molar-refractivity contribution in [3.8, 4) is 0 Å². The van der Waals surface area contributed by atoms with Crippen LogP contribution in [0.15, 0.2) is 0 Å². The smallest absolute Gasteiger partial charge is 0.853 e. The van der Waals surface area contributed by atoms with Gasteiger partial charge in [-0.15, -0.1) is 13.2 Å². The van der Waals surface area contributed by atoms with E-state index in [1.807, 2.05) is 0 Å². The first-order valence-corrected chi connectivity index (χ1v) is 3.23. The Labute approximate surface area is 97.0 Å². The molecule has 0 unspecified atom stereocenters. The van der Waals surface area contributed by atoms with Crippen LogP contribution >= 0.6 is 0 Å². The van der Waals surface area contributed by atoms with Crippen LogP contribution in [0.1, 0.15) is 0 Å². The molecule has 0 spiro atoms. The number of hydrogen-bond acceptors (Lipinski definition) is 4. The van der Waals surface area contributed by atoms with Crippen molar-refractivity contribution in [1.82, 2.24) is 0 Å². The summed E-state index contributed by atoms with van der Waals surface area (Å²) in [7, 11) is 0. The van der Waals surface area contributed by atoms with Crippen molar-refractivity contribution in [2.75, 3.05) is 39.6 Å². The average molecular weight is 162 g/mol. The molecule has 0 saturated heterocycles. The summed E-state index contributed by atoms with van der Waals surface area (Å²) in [5, 5.41) is 19.6. The molecule has 0 amide bonds. The summed E-state index contributed by atoms with van der Waals surface area (Å²) in [5.74, 6) is 0. The Morgan fingerprint density at radius 2 is 1.00 bits per heavy atom. The van der Waals surface area contributed by atoms with Crippen molar-refractivity contribution in [3.05, 3.63) is 0 Å². The average Bonchev–Trinajstić information content (AvgIpc) is 1.97. The molecular weight excluding hydrogens is 150 g/mol. The fourth-order valence-corrected chi connectivity index (χ4v) is 0.440. The molecule has 0 rings (SSSR count). The van der Waals surface area contributed by atoms with Gasteiger partial charge < -0.3 is 19.7 Å². The zero-order valence-electron chi connectivity index (χ0n) is 7.88. The fraction of sp³-hybridized carbons (Fsp3) is 1.00. The zero-order valence-corrected chi connectivity index (χ0v) is 7.88. The Morgan fingerprint density at radius 1 is 0.667 bits per heavy atom. The normalized spacial score (nSPS) is 8.50. The minimum Gasteiger partial charge on any atom is -0.853 e. The van der Waals surface area contributed by atoms with Gasteiger partial charge in [0.25, 0.3) is 0 Å². The SMILES string of the molecule is [Li+].[Li+].[O-]CCOCCOCC[O-]. The van der Waals surface area contributed by atoms with Crippen molar-refractivity contribution in [3.63, 3.8) is 0 Å². The third kappa shape index (κ3) is 17.2. The molecule has 0 aliphatic rings. The van der Waals surface area contributed by atoms with Crippen LogP contribution in [0.3, 0.4) is 0 Å². The van der Waals surface area contributed by atoms with Crippen molar-refractivity contribution >= 4 is 0 Å². The first-order valence-electron chi connectivity index (χ1n) is 3.23. The van der Waals surface area contributed by atoms with E-state index in [0.717, 1.165) is 0 Å². The Hall–Kier alpha value is 1.03. The molecule has 0 aromatic rings. The van der Waals surface area contributed by atoms with Gasteiger partial charge in [0.1, 0.15) is 0 Å². The molecule has 0 bridgehead atoms. The largest absolute Gasteiger partial charge is 1.00 e. The minimum absolute atomic E-state index is 0. The van der Waals surface area contributed by atoms with E-state index >= 15 is 0 Å². The summed E-state index contributed by atoms with van der Waals surface area (Å²) in [6.07, 6.45) is 0. The van der Waals surface area contributed by atoms with Crippen LogP contribution in [-0.2, 0) is 9.47 Å². The quantitative estimate of drug-likeness (QED) is 0.275. The Bertz CT molecular complexity index is 57.5. The van der Waals surface area contributed by atoms with E-state index in [1.54, 1.807) is 0 Å². The van der Waals surface area contributed by atoms with Crippen LogP contribution < -0.4 is 47.9 Å². The van der Waals surface area contributed by atoms with Crippen LogP contribution in [-0.4, -0.2) is 39.6 Å². The molecule has 62 valence electrons. The summed E-state index contributed by atoms with van der Waals surface area (Å²) in [5.41, 5.74) is 0. The monoisotopic (exact) mass is 162 g/mol. The Morgan fingerprint density at radius 3 is 1.25 bits per heavy atom. The molecule has 12 heavy (non-hydrogen) atoms. The molecular formula is C6H12Li2O4. The molecule has 0 N–H and O–H groups in total. The third-order valence-electron chi connectivity index (χ3n) is 0.827. The fourth-order valence-electron chi connectivity index (χ4n) is 0.440. The summed E-state index contributed by atoms with van der Waals surface area (Å²) in [6.45, 7) is 0.815. The number of hydrogen-bond donors (Lipinski definition) is 0. The van der Waals surface area contributed by atoms with Gasteiger partial charge in [0.15, 0.2) is 0 Å². The second kappa shape index (κ2) is 18.0. The van der Waals surface area contributed by atoms with Crippen molar-refractivity contribution in [2.45, 2.75) is 0 Å². The van der Waals surface area contributed by atoms with Gasteiger partial charge in [0.05, 0.1) is 13.2 Å². The first kappa shape index (κ1) is 18.7. The first-order chi connectivity index (χ1) is 4.91. The van der Waals surface area contributed by atoms with E-state index in [9.17, 15) is 10.2 Å². The van der Waals surface area contributed by atoms with E-state index in [4.69, 9.17) is 9.47 Å². The van der Waals surface area contributed by atoms with Gasteiger partial charge in [-0.2, -0.15) is 0 Å². The van der Waals surface area contributed by atoms with Gasteiger partial charge >= 0.3 is 37.7 Å². The van der Waals surface area contributed by atoms with E-state index in [2.05, 4.69) is 0 Å². The number of rotatable bonds is 7. The molecule has 0 aliphatic heterocycles. The second-order valence-corrected chi connectivity index (χ2v) is 1.63. The summed E-state index contributed by atoms with van der Waals surface area (Å²) < 4.78 is 9.58. The van der Waals surface area contributed by atoms with Crippen molar-refractivity contribution in [2.24, 2.45) is 0 Å². The molecule has 0 saturated carbocycles.